The summed E-state index contributed by atoms with van der Waals surface area (Å²) in [5.74, 6) is 0.917. The standard InChI is InChI=1S/C16H22N2O2S/c1-11-6-12(2)8-13(7-11)20-5-4-16-18-14(10-19-3)15(9-17)21-16/h6-8H,4-5,9-10,17H2,1-3H3. The van der Waals surface area contributed by atoms with Crippen LogP contribution in [0, 0.1) is 13.8 Å². The minimum atomic E-state index is 0.508. The molecular formula is C16H22N2O2S. The van der Waals surface area contributed by atoms with Gasteiger partial charge in [-0.1, -0.05) is 6.07 Å². The van der Waals surface area contributed by atoms with Crippen molar-refractivity contribution in [1.29, 1.82) is 0 Å². The van der Waals surface area contributed by atoms with Crippen molar-refractivity contribution in [3.8, 4) is 5.75 Å². The number of rotatable bonds is 7. The third-order valence-corrected chi connectivity index (χ3v) is 4.25. The van der Waals surface area contributed by atoms with E-state index < -0.39 is 0 Å². The van der Waals surface area contributed by atoms with Gasteiger partial charge < -0.3 is 15.2 Å². The van der Waals surface area contributed by atoms with Crippen molar-refractivity contribution in [2.75, 3.05) is 13.7 Å². The number of aryl methyl sites for hydroxylation is 2. The number of aromatic nitrogens is 1. The van der Waals surface area contributed by atoms with Gasteiger partial charge in [-0.25, -0.2) is 4.98 Å². The normalized spacial score (nSPS) is 10.9. The minimum absolute atomic E-state index is 0.508. The zero-order valence-corrected chi connectivity index (χ0v) is 13.6. The maximum absolute atomic E-state index is 5.82. The summed E-state index contributed by atoms with van der Waals surface area (Å²) in [5.41, 5.74) is 9.11. The monoisotopic (exact) mass is 306 g/mol. The smallest absolute Gasteiger partial charge is 0.119 e. The molecule has 0 atom stereocenters. The summed E-state index contributed by atoms with van der Waals surface area (Å²) in [7, 11) is 1.67. The van der Waals surface area contributed by atoms with Crippen LogP contribution in [0.5, 0.6) is 5.75 Å². The molecule has 5 heteroatoms. The summed E-state index contributed by atoms with van der Waals surface area (Å²) in [5, 5.41) is 1.05. The van der Waals surface area contributed by atoms with Gasteiger partial charge in [0.25, 0.3) is 0 Å². The van der Waals surface area contributed by atoms with Crippen molar-refractivity contribution in [1.82, 2.24) is 4.98 Å². The molecule has 1 aromatic heterocycles. The lowest BCUT2D eigenvalue weighted by Crippen LogP contribution is -2.02. The van der Waals surface area contributed by atoms with Crippen molar-refractivity contribution >= 4 is 11.3 Å². The molecule has 0 radical (unpaired) electrons. The lowest BCUT2D eigenvalue weighted by molar-refractivity contribution is 0.181. The first-order chi connectivity index (χ1) is 10.1. The predicted molar refractivity (Wildman–Crippen MR) is 85.8 cm³/mol. The first-order valence-electron chi connectivity index (χ1n) is 7.00. The van der Waals surface area contributed by atoms with Gasteiger partial charge in [0.15, 0.2) is 0 Å². The van der Waals surface area contributed by atoms with E-state index in [4.69, 9.17) is 15.2 Å². The topological polar surface area (TPSA) is 57.4 Å². The quantitative estimate of drug-likeness (QED) is 0.854. The van der Waals surface area contributed by atoms with Gasteiger partial charge in [0.2, 0.25) is 0 Å². The van der Waals surface area contributed by atoms with E-state index in [1.165, 1.54) is 11.1 Å². The third-order valence-electron chi connectivity index (χ3n) is 3.07. The number of hydrogen-bond acceptors (Lipinski definition) is 5. The number of methoxy groups -OCH3 is 1. The van der Waals surface area contributed by atoms with E-state index in [1.54, 1.807) is 18.4 Å². The van der Waals surface area contributed by atoms with Crippen molar-refractivity contribution in [3.05, 3.63) is 44.9 Å². The SMILES string of the molecule is COCc1nc(CCOc2cc(C)cc(C)c2)sc1CN. The van der Waals surface area contributed by atoms with E-state index in [9.17, 15) is 0 Å². The molecule has 2 rings (SSSR count). The Balaban J connectivity index is 1.93. The van der Waals surface area contributed by atoms with Crippen LogP contribution in [0.1, 0.15) is 26.7 Å². The van der Waals surface area contributed by atoms with E-state index >= 15 is 0 Å². The Morgan fingerprint density at radius 1 is 1.19 bits per heavy atom. The van der Waals surface area contributed by atoms with Crippen molar-refractivity contribution in [2.24, 2.45) is 5.73 Å². The highest BCUT2D eigenvalue weighted by Crippen LogP contribution is 2.20. The fraction of sp³-hybridized carbons (Fsp3) is 0.438. The molecule has 1 heterocycles. The zero-order chi connectivity index (χ0) is 15.2. The Labute approximate surface area is 129 Å². The molecule has 0 spiro atoms. The van der Waals surface area contributed by atoms with Gasteiger partial charge in [0, 0.05) is 25.0 Å². The summed E-state index contributed by atoms with van der Waals surface area (Å²) in [4.78, 5) is 5.67. The van der Waals surface area contributed by atoms with E-state index in [-0.39, 0.29) is 0 Å². The van der Waals surface area contributed by atoms with Gasteiger partial charge in [-0.15, -0.1) is 11.3 Å². The highest BCUT2D eigenvalue weighted by atomic mass is 32.1. The second-order valence-corrected chi connectivity index (χ2v) is 6.20. The molecule has 0 aliphatic heterocycles. The van der Waals surface area contributed by atoms with Crippen LogP contribution in [0.2, 0.25) is 0 Å². The molecule has 1 aromatic carbocycles. The van der Waals surface area contributed by atoms with Gasteiger partial charge in [0.1, 0.15) is 5.75 Å². The Morgan fingerprint density at radius 3 is 2.52 bits per heavy atom. The molecule has 4 nitrogen and oxygen atoms in total. The molecule has 0 aliphatic rings. The van der Waals surface area contributed by atoms with Gasteiger partial charge >= 0.3 is 0 Å². The molecular weight excluding hydrogens is 284 g/mol. The second-order valence-electron chi connectivity index (χ2n) is 5.04. The first kappa shape index (κ1) is 15.9. The van der Waals surface area contributed by atoms with Crippen LogP contribution in [-0.4, -0.2) is 18.7 Å². The van der Waals surface area contributed by atoms with Crippen molar-refractivity contribution < 1.29 is 9.47 Å². The Kier molecular flexibility index (Phi) is 5.73. The minimum Gasteiger partial charge on any atom is -0.493 e. The van der Waals surface area contributed by atoms with Crippen LogP contribution >= 0.6 is 11.3 Å². The molecule has 2 N–H and O–H groups in total. The maximum atomic E-state index is 5.82. The molecule has 21 heavy (non-hydrogen) atoms. The molecule has 0 aliphatic carbocycles. The lowest BCUT2D eigenvalue weighted by Gasteiger charge is -2.07. The highest BCUT2D eigenvalue weighted by Gasteiger charge is 2.10. The lowest BCUT2D eigenvalue weighted by atomic mass is 10.1. The average molecular weight is 306 g/mol. The van der Waals surface area contributed by atoms with Gasteiger partial charge in [-0.05, 0) is 37.1 Å². The summed E-state index contributed by atoms with van der Waals surface area (Å²) >= 11 is 1.64. The number of nitrogens with two attached hydrogens (primary N) is 1. The zero-order valence-electron chi connectivity index (χ0n) is 12.8. The fourth-order valence-electron chi connectivity index (χ4n) is 2.23. The summed E-state index contributed by atoms with van der Waals surface area (Å²) in [6, 6.07) is 6.24. The van der Waals surface area contributed by atoms with Crippen LogP contribution in [0.4, 0.5) is 0 Å². The number of hydrogen-bond donors (Lipinski definition) is 1. The second kappa shape index (κ2) is 7.54. The molecule has 0 fully saturated rings. The van der Waals surface area contributed by atoms with Crippen LogP contribution in [0.3, 0.4) is 0 Å². The number of ether oxygens (including phenoxy) is 2. The first-order valence-corrected chi connectivity index (χ1v) is 7.81. The predicted octanol–water partition coefficient (Wildman–Crippen LogP) is 2.99. The van der Waals surface area contributed by atoms with Gasteiger partial charge in [0.05, 0.1) is 23.9 Å². The number of nitrogens with zero attached hydrogens (tertiary/aromatic N) is 1. The van der Waals surface area contributed by atoms with Crippen molar-refractivity contribution in [3.63, 3.8) is 0 Å². The molecule has 0 unspecified atom stereocenters. The maximum Gasteiger partial charge on any atom is 0.119 e. The van der Waals surface area contributed by atoms with Gasteiger partial charge in [-0.3, -0.25) is 0 Å². The molecule has 114 valence electrons. The fourth-order valence-corrected chi connectivity index (χ4v) is 3.16. The summed E-state index contributed by atoms with van der Waals surface area (Å²) in [6.45, 7) is 5.79. The average Bonchev–Trinajstić information content (AvgIpc) is 2.80. The van der Waals surface area contributed by atoms with E-state index in [0.717, 1.165) is 27.7 Å². The van der Waals surface area contributed by atoms with E-state index in [1.807, 2.05) is 0 Å². The largest absolute Gasteiger partial charge is 0.493 e. The molecule has 0 saturated heterocycles. The van der Waals surface area contributed by atoms with Crippen molar-refractivity contribution in [2.45, 2.75) is 33.4 Å². The van der Waals surface area contributed by atoms with E-state index in [2.05, 4.69) is 37.0 Å². The summed E-state index contributed by atoms with van der Waals surface area (Å²) < 4.78 is 11.0. The molecule has 2 aromatic rings. The summed E-state index contributed by atoms with van der Waals surface area (Å²) in [6.07, 6.45) is 0.786. The van der Waals surface area contributed by atoms with Crippen LogP contribution in [0.15, 0.2) is 18.2 Å². The molecule has 0 saturated carbocycles. The highest BCUT2D eigenvalue weighted by molar-refractivity contribution is 7.11. The van der Waals surface area contributed by atoms with E-state index in [0.29, 0.717) is 19.8 Å². The van der Waals surface area contributed by atoms with Crippen LogP contribution < -0.4 is 10.5 Å². The molecule has 0 bridgehead atoms. The van der Waals surface area contributed by atoms with Crippen LogP contribution in [-0.2, 0) is 24.3 Å². The number of benzene rings is 1. The molecule has 0 amide bonds. The Bertz CT molecular complexity index is 576. The van der Waals surface area contributed by atoms with Crippen LogP contribution in [0.25, 0.3) is 0 Å². The Hall–Kier alpha value is -1.43. The van der Waals surface area contributed by atoms with Gasteiger partial charge in [-0.2, -0.15) is 0 Å². The number of thiazole rings is 1. The third kappa shape index (κ3) is 4.52. The Morgan fingerprint density at radius 2 is 1.90 bits per heavy atom.